The molecule has 4 nitrogen and oxygen atoms in total. The monoisotopic (exact) mass is 401 g/mol. The molecule has 0 unspecified atom stereocenters. The van der Waals surface area contributed by atoms with Gasteiger partial charge in [0.05, 0.1) is 11.1 Å². The highest BCUT2D eigenvalue weighted by atomic mass is 16.2. The molecule has 1 saturated heterocycles. The Kier molecular flexibility index (Phi) is 5.87. The molecule has 30 heavy (non-hydrogen) atoms. The van der Waals surface area contributed by atoms with Gasteiger partial charge in [0.1, 0.15) is 0 Å². The highest BCUT2D eigenvalue weighted by molar-refractivity contribution is 6.08. The van der Waals surface area contributed by atoms with E-state index in [4.69, 9.17) is 4.98 Å². The van der Waals surface area contributed by atoms with Crippen LogP contribution in [0.15, 0.2) is 42.5 Å². The molecular formula is C26H31N3O. The third-order valence-corrected chi connectivity index (χ3v) is 6.48. The van der Waals surface area contributed by atoms with Crippen molar-refractivity contribution in [3.63, 3.8) is 0 Å². The lowest BCUT2D eigenvalue weighted by atomic mass is 9.95. The molecule has 2 heterocycles. The lowest BCUT2D eigenvalue weighted by Crippen LogP contribution is -2.48. The highest BCUT2D eigenvalue weighted by Gasteiger charge is 2.26. The average Bonchev–Trinajstić information content (AvgIpc) is 2.77. The zero-order chi connectivity index (χ0) is 21.3. The quantitative estimate of drug-likeness (QED) is 0.637. The van der Waals surface area contributed by atoms with E-state index in [0.29, 0.717) is 0 Å². The van der Waals surface area contributed by atoms with Gasteiger partial charge in [-0.2, -0.15) is 0 Å². The first-order chi connectivity index (χ1) is 14.5. The van der Waals surface area contributed by atoms with Gasteiger partial charge in [0.15, 0.2) is 0 Å². The predicted octanol–water partition coefficient (Wildman–Crippen LogP) is 4.68. The molecule has 0 spiro atoms. The Morgan fingerprint density at radius 2 is 1.63 bits per heavy atom. The molecule has 1 aliphatic heterocycles. The minimum atomic E-state index is 0.150. The number of aryl methyl sites for hydroxylation is 3. The van der Waals surface area contributed by atoms with Crippen LogP contribution in [0.5, 0.6) is 0 Å². The molecular weight excluding hydrogens is 370 g/mol. The van der Waals surface area contributed by atoms with Gasteiger partial charge in [-0.3, -0.25) is 14.7 Å². The number of benzene rings is 2. The van der Waals surface area contributed by atoms with Crippen molar-refractivity contribution in [3.8, 4) is 0 Å². The van der Waals surface area contributed by atoms with Crippen molar-refractivity contribution in [1.29, 1.82) is 0 Å². The maximum absolute atomic E-state index is 13.6. The van der Waals surface area contributed by atoms with Gasteiger partial charge in [-0.05, 0) is 49.4 Å². The maximum Gasteiger partial charge on any atom is 0.254 e. The molecule has 1 aromatic heterocycles. The standard InChI is InChI=1S/C26H31N3O/c1-5-23-20(4)24(22-12-11-18(2)19(3)25(22)27-23)26(30)29-15-13-28(14-16-29)17-21-9-7-6-8-10-21/h6-12H,5,13-17H2,1-4H3. The van der Waals surface area contributed by atoms with E-state index in [1.165, 1.54) is 16.7 Å². The molecule has 0 bridgehead atoms. The molecule has 0 N–H and O–H groups in total. The van der Waals surface area contributed by atoms with E-state index in [1.807, 2.05) is 4.90 Å². The van der Waals surface area contributed by atoms with Crippen molar-refractivity contribution in [3.05, 3.63) is 76.0 Å². The Balaban J connectivity index is 1.59. The van der Waals surface area contributed by atoms with Crippen LogP contribution in [0.2, 0.25) is 0 Å². The second-order valence-electron chi connectivity index (χ2n) is 8.37. The van der Waals surface area contributed by atoms with Gasteiger partial charge in [-0.1, -0.05) is 49.4 Å². The van der Waals surface area contributed by atoms with Crippen LogP contribution in [0.1, 0.15) is 45.2 Å². The highest BCUT2D eigenvalue weighted by Crippen LogP contribution is 2.29. The summed E-state index contributed by atoms with van der Waals surface area (Å²) in [6.45, 7) is 12.7. The number of hydrogen-bond donors (Lipinski definition) is 0. The molecule has 0 aliphatic carbocycles. The van der Waals surface area contributed by atoms with Crippen molar-refractivity contribution in [2.75, 3.05) is 26.2 Å². The number of carbonyl (C=O) groups is 1. The first kappa shape index (κ1) is 20.5. The van der Waals surface area contributed by atoms with Crippen LogP contribution < -0.4 is 0 Å². The topological polar surface area (TPSA) is 36.4 Å². The van der Waals surface area contributed by atoms with Gasteiger partial charge in [0, 0.05) is 43.8 Å². The number of nitrogens with zero attached hydrogens (tertiary/aromatic N) is 3. The zero-order valence-electron chi connectivity index (χ0n) is 18.5. The summed E-state index contributed by atoms with van der Waals surface area (Å²) in [5.41, 5.74) is 7.59. The Labute approximate surface area is 179 Å². The Bertz CT molecular complexity index is 1070. The predicted molar refractivity (Wildman–Crippen MR) is 123 cm³/mol. The molecule has 4 rings (SSSR count). The van der Waals surface area contributed by atoms with Crippen molar-refractivity contribution in [1.82, 2.24) is 14.8 Å². The second-order valence-corrected chi connectivity index (χ2v) is 8.37. The number of hydrogen-bond acceptors (Lipinski definition) is 3. The summed E-state index contributed by atoms with van der Waals surface area (Å²) in [6.07, 6.45) is 0.834. The molecule has 3 aromatic rings. The molecule has 4 heteroatoms. The number of rotatable bonds is 4. The minimum Gasteiger partial charge on any atom is -0.336 e. The molecule has 1 fully saturated rings. The van der Waals surface area contributed by atoms with Crippen LogP contribution in [0.4, 0.5) is 0 Å². The van der Waals surface area contributed by atoms with Gasteiger partial charge in [0.25, 0.3) is 5.91 Å². The molecule has 0 saturated carbocycles. The van der Waals surface area contributed by atoms with Crippen LogP contribution >= 0.6 is 0 Å². The second kappa shape index (κ2) is 8.57. The van der Waals surface area contributed by atoms with Crippen molar-refractivity contribution >= 4 is 16.8 Å². The molecule has 1 aliphatic rings. The van der Waals surface area contributed by atoms with Gasteiger partial charge < -0.3 is 4.90 Å². The van der Waals surface area contributed by atoms with Crippen LogP contribution in [0, 0.1) is 20.8 Å². The van der Waals surface area contributed by atoms with E-state index in [9.17, 15) is 4.79 Å². The Morgan fingerprint density at radius 3 is 2.30 bits per heavy atom. The molecule has 1 amide bonds. The van der Waals surface area contributed by atoms with Crippen molar-refractivity contribution in [2.45, 2.75) is 40.7 Å². The van der Waals surface area contributed by atoms with Gasteiger partial charge in [-0.25, -0.2) is 0 Å². The fraction of sp³-hybridized carbons (Fsp3) is 0.385. The van der Waals surface area contributed by atoms with E-state index in [1.54, 1.807) is 0 Å². The van der Waals surface area contributed by atoms with Gasteiger partial charge >= 0.3 is 0 Å². The lowest BCUT2D eigenvalue weighted by molar-refractivity contribution is 0.0629. The number of amides is 1. The maximum atomic E-state index is 13.6. The van der Waals surface area contributed by atoms with E-state index < -0.39 is 0 Å². The average molecular weight is 402 g/mol. The van der Waals surface area contributed by atoms with Crippen molar-refractivity contribution < 1.29 is 4.79 Å². The van der Waals surface area contributed by atoms with E-state index in [2.05, 4.69) is 75.1 Å². The molecule has 0 atom stereocenters. The van der Waals surface area contributed by atoms with Crippen LogP contribution in [-0.4, -0.2) is 46.9 Å². The van der Waals surface area contributed by atoms with E-state index in [0.717, 1.165) is 66.9 Å². The summed E-state index contributed by atoms with van der Waals surface area (Å²) in [5, 5.41) is 0.990. The zero-order valence-corrected chi connectivity index (χ0v) is 18.5. The summed E-state index contributed by atoms with van der Waals surface area (Å²) in [7, 11) is 0. The minimum absolute atomic E-state index is 0.150. The summed E-state index contributed by atoms with van der Waals surface area (Å²) in [4.78, 5) is 23.0. The molecule has 0 radical (unpaired) electrons. The fourth-order valence-electron chi connectivity index (χ4n) is 4.44. The summed E-state index contributed by atoms with van der Waals surface area (Å²) in [6, 6.07) is 14.7. The normalized spacial score (nSPS) is 15.0. The Hall–Kier alpha value is -2.72. The van der Waals surface area contributed by atoms with Gasteiger partial charge in [0.2, 0.25) is 0 Å². The number of fused-ring (bicyclic) bond motifs is 1. The lowest BCUT2D eigenvalue weighted by Gasteiger charge is -2.35. The molecule has 156 valence electrons. The van der Waals surface area contributed by atoms with Crippen LogP contribution in [0.3, 0.4) is 0 Å². The Morgan fingerprint density at radius 1 is 0.933 bits per heavy atom. The molecule has 2 aromatic carbocycles. The first-order valence-electron chi connectivity index (χ1n) is 10.9. The first-order valence-corrected chi connectivity index (χ1v) is 10.9. The third-order valence-electron chi connectivity index (χ3n) is 6.48. The smallest absolute Gasteiger partial charge is 0.254 e. The van der Waals surface area contributed by atoms with Crippen LogP contribution in [0.25, 0.3) is 10.9 Å². The number of carbonyl (C=O) groups excluding carboxylic acids is 1. The van der Waals surface area contributed by atoms with E-state index >= 15 is 0 Å². The summed E-state index contributed by atoms with van der Waals surface area (Å²) in [5.74, 6) is 0.150. The number of aromatic nitrogens is 1. The fourth-order valence-corrected chi connectivity index (χ4v) is 4.44. The van der Waals surface area contributed by atoms with Crippen LogP contribution in [-0.2, 0) is 13.0 Å². The van der Waals surface area contributed by atoms with Gasteiger partial charge in [-0.15, -0.1) is 0 Å². The van der Waals surface area contributed by atoms with Crippen molar-refractivity contribution in [2.24, 2.45) is 0 Å². The largest absolute Gasteiger partial charge is 0.336 e. The summed E-state index contributed by atoms with van der Waals surface area (Å²) >= 11 is 0. The SMILES string of the molecule is CCc1nc2c(C)c(C)ccc2c(C(=O)N2CCN(Cc3ccccc3)CC2)c1C. The third kappa shape index (κ3) is 3.84. The number of piperazine rings is 1. The number of pyridine rings is 1. The van der Waals surface area contributed by atoms with E-state index in [-0.39, 0.29) is 5.91 Å². The summed E-state index contributed by atoms with van der Waals surface area (Å²) < 4.78 is 0.